The summed E-state index contributed by atoms with van der Waals surface area (Å²) in [5, 5.41) is 0. The van der Waals surface area contributed by atoms with Crippen molar-refractivity contribution < 1.29 is 9.53 Å². The minimum absolute atomic E-state index is 0.0635. The molecule has 1 aliphatic rings. The second-order valence-corrected chi connectivity index (χ2v) is 4.30. The van der Waals surface area contributed by atoms with E-state index in [4.69, 9.17) is 10.5 Å². The molecule has 5 heteroatoms. The van der Waals surface area contributed by atoms with Crippen molar-refractivity contribution in [2.45, 2.75) is 19.4 Å². The van der Waals surface area contributed by atoms with Crippen molar-refractivity contribution in [2.24, 2.45) is 5.73 Å². The molecule has 1 amide bonds. The van der Waals surface area contributed by atoms with E-state index in [0.717, 1.165) is 45.8 Å². The number of hydrogen-bond acceptors (Lipinski definition) is 4. The Morgan fingerprint density at radius 1 is 1.38 bits per heavy atom. The lowest BCUT2D eigenvalue weighted by Crippen LogP contribution is -2.43. The summed E-state index contributed by atoms with van der Waals surface area (Å²) in [6, 6.07) is -0.384. The Labute approximate surface area is 97.5 Å². The Morgan fingerprint density at radius 3 is 2.75 bits per heavy atom. The Balaban J connectivity index is 2.37. The number of carbonyl (C=O) groups is 1. The van der Waals surface area contributed by atoms with Gasteiger partial charge in [-0.1, -0.05) is 0 Å². The number of rotatable bonds is 4. The Morgan fingerprint density at radius 2 is 2.12 bits per heavy atom. The molecule has 0 spiro atoms. The lowest BCUT2D eigenvalue weighted by molar-refractivity contribution is -0.132. The van der Waals surface area contributed by atoms with E-state index in [9.17, 15) is 4.79 Å². The molecule has 0 radical (unpaired) electrons. The SMILES string of the molecule is COCCN1CCCN(C(=O)C(C)N)CC1. The maximum Gasteiger partial charge on any atom is 0.239 e. The van der Waals surface area contributed by atoms with Gasteiger partial charge in [-0.3, -0.25) is 9.69 Å². The standard InChI is InChI=1S/C11H23N3O2/c1-10(12)11(15)14-5-3-4-13(6-7-14)8-9-16-2/h10H,3-9,12H2,1-2H3. The highest BCUT2D eigenvalue weighted by Gasteiger charge is 2.20. The van der Waals surface area contributed by atoms with Crippen molar-refractivity contribution in [3.8, 4) is 0 Å². The average Bonchev–Trinajstić information content (AvgIpc) is 2.50. The molecule has 0 bridgehead atoms. The second kappa shape index (κ2) is 6.83. The number of ether oxygens (including phenoxy) is 1. The maximum atomic E-state index is 11.7. The quantitative estimate of drug-likeness (QED) is 0.707. The third-order valence-electron chi connectivity index (χ3n) is 2.90. The maximum absolute atomic E-state index is 11.7. The van der Waals surface area contributed by atoms with E-state index in [1.807, 2.05) is 4.90 Å². The summed E-state index contributed by atoms with van der Waals surface area (Å²) in [7, 11) is 1.71. The highest BCUT2D eigenvalue weighted by molar-refractivity contribution is 5.81. The van der Waals surface area contributed by atoms with E-state index < -0.39 is 0 Å². The Kier molecular flexibility index (Phi) is 5.73. The van der Waals surface area contributed by atoms with Gasteiger partial charge in [0.05, 0.1) is 12.6 Å². The molecule has 0 aliphatic carbocycles. The lowest BCUT2D eigenvalue weighted by atomic mass is 10.3. The van der Waals surface area contributed by atoms with Crippen LogP contribution in [0.25, 0.3) is 0 Å². The van der Waals surface area contributed by atoms with Crippen LogP contribution in [0.1, 0.15) is 13.3 Å². The fourth-order valence-electron chi connectivity index (χ4n) is 1.92. The van der Waals surface area contributed by atoms with Gasteiger partial charge in [0.1, 0.15) is 0 Å². The topological polar surface area (TPSA) is 58.8 Å². The molecule has 0 aromatic rings. The van der Waals surface area contributed by atoms with Crippen LogP contribution in [0.2, 0.25) is 0 Å². The van der Waals surface area contributed by atoms with E-state index in [2.05, 4.69) is 4.90 Å². The summed E-state index contributed by atoms with van der Waals surface area (Å²) in [6.07, 6.45) is 1.02. The number of nitrogens with two attached hydrogens (primary N) is 1. The molecule has 0 saturated carbocycles. The number of methoxy groups -OCH3 is 1. The Hall–Kier alpha value is -0.650. The molecule has 1 unspecified atom stereocenters. The van der Waals surface area contributed by atoms with Gasteiger partial charge in [-0.15, -0.1) is 0 Å². The molecule has 0 aromatic carbocycles. The van der Waals surface area contributed by atoms with Gasteiger partial charge >= 0.3 is 0 Å². The van der Waals surface area contributed by atoms with Crippen molar-refractivity contribution in [3.63, 3.8) is 0 Å². The number of nitrogens with zero attached hydrogens (tertiary/aromatic N) is 2. The number of carbonyl (C=O) groups excluding carboxylic acids is 1. The van der Waals surface area contributed by atoms with Crippen LogP contribution in [0, 0.1) is 0 Å². The van der Waals surface area contributed by atoms with Crippen molar-refractivity contribution in [2.75, 3.05) is 46.4 Å². The summed E-state index contributed by atoms with van der Waals surface area (Å²) in [5.74, 6) is 0.0635. The van der Waals surface area contributed by atoms with Gasteiger partial charge < -0.3 is 15.4 Å². The first kappa shape index (κ1) is 13.4. The summed E-state index contributed by atoms with van der Waals surface area (Å²) in [5.41, 5.74) is 5.61. The molecule has 0 aromatic heterocycles. The zero-order valence-electron chi connectivity index (χ0n) is 10.3. The lowest BCUT2D eigenvalue weighted by Gasteiger charge is -2.23. The van der Waals surface area contributed by atoms with Crippen LogP contribution in [0.15, 0.2) is 0 Å². The van der Waals surface area contributed by atoms with Gasteiger partial charge in [0, 0.05) is 33.3 Å². The van der Waals surface area contributed by atoms with E-state index in [0.29, 0.717) is 0 Å². The van der Waals surface area contributed by atoms with Crippen LogP contribution in [-0.4, -0.2) is 68.2 Å². The van der Waals surface area contributed by atoms with Crippen molar-refractivity contribution in [3.05, 3.63) is 0 Å². The summed E-state index contributed by atoms with van der Waals surface area (Å²) >= 11 is 0. The van der Waals surface area contributed by atoms with E-state index >= 15 is 0 Å². The fourth-order valence-corrected chi connectivity index (χ4v) is 1.92. The third-order valence-corrected chi connectivity index (χ3v) is 2.90. The minimum atomic E-state index is -0.384. The van der Waals surface area contributed by atoms with Crippen LogP contribution in [0.5, 0.6) is 0 Å². The van der Waals surface area contributed by atoms with Gasteiger partial charge in [-0.2, -0.15) is 0 Å². The summed E-state index contributed by atoms with van der Waals surface area (Å²) in [4.78, 5) is 15.9. The molecule has 16 heavy (non-hydrogen) atoms. The van der Waals surface area contributed by atoms with Crippen molar-refractivity contribution in [1.82, 2.24) is 9.80 Å². The molecule has 1 fully saturated rings. The normalized spacial score (nSPS) is 20.6. The van der Waals surface area contributed by atoms with Crippen LogP contribution < -0.4 is 5.73 Å². The largest absolute Gasteiger partial charge is 0.383 e. The third kappa shape index (κ3) is 4.08. The minimum Gasteiger partial charge on any atom is -0.383 e. The summed E-state index contributed by atoms with van der Waals surface area (Å²) in [6.45, 7) is 7.00. The molecule has 5 nitrogen and oxygen atoms in total. The first-order valence-electron chi connectivity index (χ1n) is 5.91. The molecule has 1 rings (SSSR count). The first-order chi connectivity index (χ1) is 7.65. The number of amides is 1. The Bertz CT molecular complexity index is 221. The van der Waals surface area contributed by atoms with Gasteiger partial charge in [0.15, 0.2) is 0 Å². The van der Waals surface area contributed by atoms with E-state index in [1.165, 1.54) is 0 Å². The highest BCUT2D eigenvalue weighted by Crippen LogP contribution is 2.04. The molecule has 1 heterocycles. The molecule has 1 saturated heterocycles. The van der Waals surface area contributed by atoms with Crippen LogP contribution in [0.3, 0.4) is 0 Å². The molecule has 1 atom stereocenters. The van der Waals surface area contributed by atoms with Gasteiger partial charge in [0.2, 0.25) is 5.91 Å². The number of hydrogen-bond donors (Lipinski definition) is 1. The summed E-state index contributed by atoms with van der Waals surface area (Å²) < 4.78 is 5.06. The van der Waals surface area contributed by atoms with E-state index in [1.54, 1.807) is 14.0 Å². The monoisotopic (exact) mass is 229 g/mol. The van der Waals surface area contributed by atoms with Gasteiger partial charge in [-0.25, -0.2) is 0 Å². The van der Waals surface area contributed by atoms with E-state index in [-0.39, 0.29) is 11.9 Å². The van der Waals surface area contributed by atoms with Crippen molar-refractivity contribution >= 4 is 5.91 Å². The molecule has 94 valence electrons. The van der Waals surface area contributed by atoms with Gasteiger partial charge in [0.25, 0.3) is 0 Å². The molecule has 1 aliphatic heterocycles. The zero-order valence-corrected chi connectivity index (χ0v) is 10.3. The fraction of sp³-hybridized carbons (Fsp3) is 0.909. The highest BCUT2D eigenvalue weighted by atomic mass is 16.5. The van der Waals surface area contributed by atoms with Crippen LogP contribution in [-0.2, 0) is 9.53 Å². The smallest absolute Gasteiger partial charge is 0.239 e. The molecule has 2 N–H and O–H groups in total. The molecular formula is C11H23N3O2. The predicted octanol–water partition coefficient (Wildman–Crippen LogP) is -0.486. The van der Waals surface area contributed by atoms with Crippen LogP contribution in [0.4, 0.5) is 0 Å². The average molecular weight is 229 g/mol. The van der Waals surface area contributed by atoms with Crippen molar-refractivity contribution in [1.29, 1.82) is 0 Å². The first-order valence-corrected chi connectivity index (χ1v) is 5.91. The predicted molar refractivity (Wildman–Crippen MR) is 63.2 cm³/mol. The zero-order chi connectivity index (χ0) is 12.0. The van der Waals surface area contributed by atoms with Crippen LogP contribution >= 0.6 is 0 Å². The second-order valence-electron chi connectivity index (χ2n) is 4.30. The van der Waals surface area contributed by atoms with Gasteiger partial charge in [-0.05, 0) is 19.9 Å². The molecular weight excluding hydrogens is 206 g/mol.